The lowest BCUT2D eigenvalue weighted by atomic mass is 9.63. The van der Waals surface area contributed by atoms with E-state index in [1.54, 1.807) is 0 Å². The Morgan fingerprint density at radius 1 is 1.07 bits per heavy atom. The van der Waals surface area contributed by atoms with Crippen LogP contribution in [0.25, 0.3) is 0 Å². The molecule has 2 N–H and O–H groups in total. The zero-order valence-electron chi connectivity index (χ0n) is 17.3. The van der Waals surface area contributed by atoms with Crippen LogP contribution in [0.4, 0.5) is 0 Å². The summed E-state index contributed by atoms with van der Waals surface area (Å²) < 4.78 is 1.16. The molecule has 1 heterocycles. The molecule has 3 nitrogen and oxygen atoms in total. The fourth-order valence-electron chi connectivity index (χ4n) is 7.13. The number of carbonyl (C=O) groups is 1. The average Bonchev–Trinajstić information content (AvgIpc) is 3.21. The Morgan fingerprint density at radius 3 is 2.66 bits per heavy atom. The van der Waals surface area contributed by atoms with Crippen molar-refractivity contribution in [3.8, 4) is 0 Å². The largest absolute Gasteiger partial charge is 0.351 e. The van der Waals surface area contributed by atoms with E-state index in [-0.39, 0.29) is 11.9 Å². The van der Waals surface area contributed by atoms with Gasteiger partial charge in [-0.25, -0.2) is 0 Å². The lowest BCUT2D eigenvalue weighted by Crippen LogP contribution is -2.47. The summed E-state index contributed by atoms with van der Waals surface area (Å²) in [5, 5.41) is 7.85. The smallest absolute Gasteiger partial charge is 0.237 e. The maximum Gasteiger partial charge on any atom is 0.237 e. The Morgan fingerprint density at radius 2 is 1.86 bits per heavy atom. The van der Waals surface area contributed by atoms with Gasteiger partial charge < -0.3 is 10.6 Å². The van der Waals surface area contributed by atoms with Crippen molar-refractivity contribution in [2.75, 3.05) is 6.54 Å². The van der Waals surface area contributed by atoms with Gasteiger partial charge in [0.15, 0.2) is 0 Å². The van der Waals surface area contributed by atoms with Crippen LogP contribution in [0.3, 0.4) is 0 Å². The van der Waals surface area contributed by atoms with Gasteiger partial charge in [-0.05, 0) is 86.6 Å². The molecule has 5 heteroatoms. The van der Waals surface area contributed by atoms with E-state index < -0.39 is 0 Å². The number of halogens is 1. The molecule has 8 unspecified atom stereocenters. The number of nitrogens with one attached hydrogen (secondary N) is 2. The number of amides is 1. The summed E-state index contributed by atoms with van der Waals surface area (Å²) >= 11 is 5.67. The van der Waals surface area contributed by atoms with Crippen LogP contribution in [0.2, 0.25) is 0 Å². The van der Waals surface area contributed by atoms with Crippen molar-refractivity contribution in [1.29, 1.82) is 0 Å². The maximum absolute atomic E-state index is 12.8. The first-order valence-corrected chi connectivity index (χ1v) is 13.3. The predicted molar refractivity (Wildman–Crippen MR) is 123 cm³/mol. The molecule has 0 aromatic heterocycles. The fourth-order valence-corrected chi connectivity index (χ4v) is 8.78. The minimum Gasteiger partial charge on any atom is -0.351 e. The summed E-state index contributed by atoms with van der Waals surface area (Å²) in [6.45, 7) is 3.20. The van der Waals surface area contributed by atoms with Gasteiger partial charge in [0.05, 0.1) is 6.04 Å². The molecule has 0 radical (unpaired) electrons. The molecule has 1 aromatic carbocycles. The topological polar surface area (TPSA) is 41.1 Å². The summed E-state index contributed by atoms with van der Waals surface area (Å²) in [6.07, 6.45) is 8.98. The standard InChI is InChI=1S/C24H33BrN2OS/c1-2-3-13-26-23-21-17-11-12-19(29-15-9-7-14(25)8-10-15)16-5-4-6-18(20(16)17)22(21)27-24(23)28/h7-10,16-23,26H,2-6,11-13H2,1H3,(H,27,28). The zero-order valence-corrected chi connectivity index (χ0v) is 19.7. The van der Waals surface area contributed by atoms with Gasteiger partial charge in [0.1, 0.15) is 0 Å². The van der Waals surface area contributed by atoms with Crippen LogP contribution >= 0.6 is 27.7 Å². The van der Waals surface area contributed by atoms with E-state index in [0.717, 1.165) is 40.4 Å². The number of benzene rings is 1. The summed E-state index contributed by atoms with van der Waals surface area (Å²) in [4.78, 5) is 14.2. The highest BCUT2D eigenvalue weighted by Gasteiger charge is 2.62. The average molecular weight is 478 g/mol. The van der Waals surface area contributed by atoms with Crippen LogP contribution in [0.5, 0.6) is 0 Å². The molecule has 5 rings (SSSR count). The Hall–Kier alpha value is -0.520. The number of carbonyl (C=O) groups excluding carboxylic acids is 1. The number of fused-ring (bicyclic) bond motifs is 3. The normalized spacial score (nSPS) is 40.4. The third-order valence-electron chi connectivity index (χ3n) is 8.16. The number of unbranched alkanes of at least 4 members (excludes halogenated alkanes) is 1. The maximum atomic E-state index is 12.8. The molecular weight excluding hydrogens is 444 g/mol. The van der Waals surface area contributed by atoms with Crippen molar-refractivity contribution in [3.05, 3.63) is 28.7 Å². The third-order valence-corrected chi connectivity index (χ3v) is 10.1. The lowest BCUT2D eigenvalue weighted by molar-refractivity contribution is -0.122. The molecule has 158 valence electrons. The highest BCUT2D eigenvalue weighted by Crippen LogP contribution is 2.61. The molecule has 29 heavy (non-hydrogen) atoms. The van der Waals surface area contributed by atoms with Crippen molar-refractivity contribution in [1.82, 2.24) is 10.6 Å². The Kier molecular flexibility index (Phi) is 6.01. The summed E-state index contributed by atoms with van der Waals surface area (Å²) in [5.41, 5.74) is 0. The second kappa shape index (κ2) is 8.55. The quantitative estimate of drug-likeness (QED) is 0.551. The van der Waals surface area contributed by atoms with Gasteiger partial charge in [-0.1, -0.05) is 35.7 Å². The highest BCUT2D eigenvalue weighted by molar-refractivity contribution is 9.10. The third kappa shape index (κ3) is 3.70. The first-order chi connectivity index (χ1) is 14.2. The van der Waals surface area contributed by atoms with Crippen molar-refractivity contribution in [2.24, 2.45) is 29.6 Å². The van der Waals surface area contributed by atoms with E-state index in [4.69, 9.17) is 0 Å². The van der Waals surface area contributed by atoms with E-state index in [2.05, 4.69) is 69.5 Å². The molecule has 4 fully saturated rings. The molecule has 0 bridgehead atoms. The molecule has 1 aliphatic heterocycles. The monoisotopic (exact) mass is 476 g/mol. The van der Waals surface area contributed by atoms with Gasteiger partial charge in [0.25, 0.3) is 0 Å². The fraction of sp³-hybridized carbons (Fsp3) is 0.708. The molecule has 3 aliphatic carbocycles. The van der Waals surface area contributed by atoms with Crippen LogP contribution < -0.4 is 10.6 Å². The first-order valence-electron chi connectivity index (χ1n) is 11.6. The number of thioether (sulfide) groups is 1. The molecule has 3 saturated carbocycles. The van der Waals surface area contributed by atoms with Crippen molar-refractivity contribution >= 4 is 33.6 Å². The van der Waals surface area contributed by atoms with E-state index in [0.29, 0.717) is 17.9 Å². The lowest BCUT2D eigenvalue weighted by Gasteiger charge is -2.46. The van der Waals surface area contributed by atoms with Crippen LogP contribution in [-0.2, 0) is 4.79 Å². The predicted octanol–water partition coefficient (Wildman–Crippen LogP) is 5.24. The molecule has 1 saturated heterocycles. The van der Waals surface area contributed by atoms with Crippen molar-refractivity contribution in [2.45, 2.75) is 74.1 Å². The van der Waals surface area contributed by atoms with Crippen LogP contribution in [-0.4, -0.2) is 29.8 Å². The summed E-state index contributed by atoms with van der Waals surface area (Å²) in [7, 11) is 0. The minimum absolute atomic E-state index is 0.0541. The van der Waals surface area contributed by atoms with Crippen molar-refractivity contribution in [3.63, 3.8) is 0 Å². The summed E-state index contributed by atoms with van der Waals surface area (Å²) in [6, 6.07) is 9.34. The Balaban J connectivity index is 1.34. The van der Waals surface area contributed by atoms with Gasteiger partial charge in [-0.15, -0.1) is 11.8 Å². The zero-order chi connectivity index (χ0) is 20.0. The Bertz CT molecular complexity index is 741. The van der Waals surface area contributed by atoms with Crippen LogP contribution in [0.15, 0.2) is 33.6 Å². The molecule has 8 atom stereocenters. The second-order valence-corrected chi connectivity index (χ2v) is 11.8. The van der Waals surface area contributed by atoms with Gasteiger partial charge in [-0.3, -0.25) is 4.79 Å². The number of rotatable bonds is 6. The molecule has 1 amide bonds. The summed E-state index contributed by atoms with van der Waals surface area (Å²) in [5.74, 6) is 3.88. The van der Waals surface area contributed by atoms with Gasteiger partial charge in [-0.2, -0.15) is 0 Å². The second-order valence-electron chi connectivity index (χ2n) is 9.58. The molecule has 1 aromatic rings. The molecule has 0 spiro atoms. The van der Waals surface area contributed by atoms with E-state index >= 15 is 0 Å². The van der Waals surface area contributed by atoms with Crippen molar-refractivity contribution < 1.29 is 4.79 Å². The van der Waals surface area contributed by atoms with Crippen LogP contribution in [0, 0.1) is 29.6 Å². The van der Waals surface area contributed by atoms with E-state index in [1.807, 2.05) is 0 Å². The minimum atomic E-state index is 0.0541. The van der Waals surface area contributed by atoms with Gasteiger partial charge >= 0.3 is 0 Å². The Labute approximate surface area is 187 Å². The van der Waals surface area contributed by atoms with Gasteiger partial charge in [0.2, 0.25) is 5.91 Å². The van der Waals surface area contributed by atoms with E-state index in [1.165, 1.54) is 43.4 Å². The highest BCUT2D eigenvalue weighted by atomic mass is 79.9. The number of hydrogen-bond acceptors (Lipinski definition) is 3. The number of hydrogen-bond donors (Lipinski definition) is 2. The van der Waals surface area contributed by atoms with Crippen LogP contribution in [0.1, 0.15) is 51.9 Å². The first kappa shape index (κ1) is 20.4. The molecular formula is C24H33BrN2OS. The van der Waals surface area contributed by atoms with Gasteiger partial charge in [0, 0.05) is 26.6 Å². The van der Waals surface area contributed by atoms with E-state index in [9.17, 15) is 4.79 Å². The molecule has 4 aliphatic rings. The SMILES string of the molecule is CCCCNC1C(=O)NC2C3CCCC4C(Sc5ccc(Br)cc5)CCC(C43)C12.